The minimum atomic E-state index is -0.0985. The highest BCUT2D eigenvalue weighted by atomic mass is 16.3. The number of likely N-dealkylation sites (N-methyl/N-ethyl adjacent to an activating group) is 1. The van der Waals surface area contributed by atoms with Gasteiger partial charge >= 0.3 is 0 Å². The molecule has 1 N–H and O–H groups in total. The Kier molecular flexibility index (Phi) is 4.96. The number of carbonyl (C=O) groups is 1. The number of amides is 1. The molecule has 0 aliphatic carbocycles. The van der Waals surface area contributed by atoms with Crippen molar-refractivity contribution in [3.63, 3.8) is 0 Å². The van der Waals surface area contributed by atoms with Crippen molar-refractivity contribution < 1.29 is 9.21 Å². The molecule has 0 aliphatic rings. The van der Waals surface area contributed by atoms with Gasteiger partial charge in [-0.15, -0.1) is 0 Å². The van der Waals surface area contributed by atoms with E-state index in [0.717, 1.165) is 6.42 Å². The van der Waals surface area contributed by atoms with Crippen molar-refractivity contribution in [3.05, 3.63) is 60.1 Å². The molecule has 1 atom stereocenters. The summed E-state index contributed by atoms with van der Waals surface area (Å²) in [5.41, 5.74) is 1.82. The van der Waals surface area contributed by atoms with E-state index in [-0.39, 0.29) is 11.9 Å². The molecule has 2 aromatic rings. The van der Waals surface area contributed by atoms with Crippen LogP contribution in [-0.4, -0.2) is 37.5 Å². The fraction of sp³-hybridized carbons (Fsp3) is 0.312. The van der Waals surface area contributed by atoms with Crippen molar-refractivity contribution in [1.29, 1.82) is 0 Å². The van der Waals surface area contributed by atoms with Gasteiger partial charge in [-0.25, -0.2) is 0 Å². The first-order chi connectivity index (χ1) is 9.66. The molecule has 1 heterocycles. The van der Waals surface area contributed by atoms with Crippen LogP contribution >= 0.6 is 0 Å². The fourth-order valence-corrected chi connectivity index (χ4v) is 2.03. The van der Waals surface area contributed by atoms with Gasteiger partial charge in [0.05, 0.1) is 11.8 Å². The van der Waals surface area contributed by atoms with Gasteiger partial charge in [-0.3, -0.25) is 4.79 Å². The van der Waals surface area contributed by atoms with Crippen LogP contribution in [-0.2, 0) is 6.42 Å². The maximum Gasteiger partial charge on any atom is 0.254 e. The van der Waals surface area contributed by atoms with E-state index in [9.17, 15) is 4.79 Å². The first-order valence-corrected chi connectivity index (χ1v) is 6.67. The van der Waals surface area contributed by atoms with Crippen molar-refractivity contribution in [2.75, 3.05) is 20.6 Å². The molecule has 0 saturated carbocycles. The SMILES string of the molecule is CN(C)[C@@H](CNC(=O)c1ccoc1)Cc1ccccc1. The molecule has 0 aliphatic heterocycles. The zero-order valence-corrected chi connectivity index (χ0v) is 11.9. The van der Waals surface area contributed by atoms with Gasteiger partial charge in [0, 0.05) is 12.6 Å². The summed E-state index contributed by atoms with van der Waals surface area (Å²) >= 11 is 0. The maximum absolute atomic E-state index is 11.9. The molecule has 0 unspecified atom stereocenters. The van der Waals surface area contributed by atoms with Gasteiger partial charge in [-0.05, 0) is 32.1 Å². The van der Waals surface area contributed by atoms with Gasteiger partial charge < -0.3 is 14.6 Å². The normalized spacial score (nSPS) is 12.3. The summed E-state index contributed by atoms with van der Waals surface area (Å²) in [7, 11) is 4.05. The van der Waals surface area contributed by atoms with E-state index < -0.39 is 0 Å². The average Bonchev–Trinajstić information content (AvgIpc) is 2.98. The third-order valence-electron chi connectivity index (χ3n) is 3.33. The molecule has 4 heteroatoms. The maximum atomic E-state index is 11.9. The third kappa shape index (κ3) is 3.96. The van der Waals surface area contributed by atoms with E-state index in [2.05, 4.69) is 22.3 Å². The van der Waals surface area contributed by atoms with Gasteiger partial charge in [0.2, 0.25) is 0 Å². The van der Waals surface area contributed by atoms with Crippen molar-refractivity contribution >= 4 is 5.91 Å². The largest absolute Gasteiger partial charge is 0.472 e. The van der Waals surface area contributed by atoms with Gasteiger partial charge in [-0.1, -0.05) is 30.3 Å². The van der Waals surface area contributed by atoms with Crippen LogP contribution in [0.25, 0.3) is 0 Å². The second-order valence-electron chi connectivity index (χ2n) is 5.03. The number of benzene rings is 1. The second kappa shape index (κ2) is 6.91. The Hall–Kier alpha value is -2.07. The van der Waals surface area contributed by atoms with Gasteiger partial charge in [0.1, 0.15) is 6.26 Å². The van der Waals surface area contributed by atoms with E-state index in [1.165, 1.54) is 18.1 Å². The summed E-state index contributed by atoms with van der Waals surface area (Å²) in [5, 5.41) is 2.95. The third-order valence-corrected chi connectivity index (χ3v) is 3.33. The number of furan rings is 1. The van der Waals surface area contributed by atoms with Crippen LogP contribution < -0.4 is 5.32 Å². The van der Waals surface area contributed by atoms with E-state index in [0.29, 0.717) is 12.1 Å². The molecule has 106 valence electrons. The van der Waals surface area contributed by atoms with Crippen LogP contribution in [0, 0.1) is 0 Å². The summed E-state index contributed by atoms with van der Waals surface area (Å²) in [4.78, 5) is 14.0. The van der Waals surface area contributed by atoms with E-state index >= 15 is 0 Å². The Morgan fingerprint density at radius 1 is 1.25 bits per heavy atom. The number of nitrogens with zero attached hydrogens (tertiary/aromatic N) is 1. The topological polar surface area (TPSA) is 45.5 Å². The van der Waals surface area contributed by atoms with E-state index in [4.69, 9.17) is 4.42 Å². The van der Waals surface area contributed by atoms with Gasteiger partial charge in [0.25, 0.3) is 5.91 Å². The van der Waals surface area contributed by atoms with Crippen LogP contribution in [0.2, 0.25) is 0 Å². The summed E-state index contributed by atoms with van der Waals surface area (Å²) < 4.78 is 4.91. The number of hydrogen-bond donors (Lipinski definition) is 1. The summed E-state index contributed by atoms with van der Waals surface area (Å²) in [6.07, 6.45) is 3.86. The lowest BCUT2D eigenvalue weighted by molar-refractivity contribution is 0.0941. The van der Waals surface area contributed by atoms with E-state index in [1.54, 1.807) is 6.07 Å². The van der Waals surface area contributed by atoms with Crippen molar-refractivity contribution in [3.8, 4) is 0 Å². The monoisotopic (exact) mass is 272 g/mol. The summed E-state index contributed by atoms with van der Waals surface area (Å²) in [6.45, 7) is 0.603. The van der Waals surface area contributed by atoms with Crippen LogP contribution in [0.4, 0.5) is 0 Å². The first kappa shape index (κ1) is 14.3. The molecule has 1 aromatic heterocycles. The Labute approximate surface area is 119 Å². The fourth-order valence-electron chi connectivity index (χ4n) is 2.03. The Morgan fingerprint density at radius 3 is 2.60 bits per heavy atom. The molecule has 4 nitrogen and oxygen atoms in total. The summed E-state index contributed by atoms with van der Waals surface area (Å²) in [5.74, 6) is -0.0985. The second-order valence-corrected chi connectivity index (χ2v) is 5.03. The number of nitrogens with one attached hydrogen (secondary N) is 1. The van der Waals surface area contributed by atoms with Crippen molar-refractivity contribution in [2.24, 2.45) is 0 Å². The van der Waals surface area contributed by atoms with Crippen molar-refractivity contribution in [1.82, 2.24) is 10.2 Å². The van der Waals surface area contributed by atoms with E-state index in [1.807, 2.05) is 32.3 Å². The smallest absolute Gasteiger partial charge is 0.254 e. The predicted molar refractivity (Wildman–Crippen MR) is 78.7 cm³/mol. The lowest BCUT2D eigenvalue weighted by Crippen LogP contribution is -2.41. The molecule has 2 rings (SSSR count). The standard InChI is InChI=1S/C16H20N2O2/c1-18(2)15(10-13-6-4-3-5-7-13)11-17-16(19)14-8-9-20-12-14/h3-9,12,15H,10-11H2,1-2H3,(H,17,19)/t15-/m1/s1. The lowest BCUT2D eigenvalue weighted by atomic mass is 10.1. The number of hydrogen-bond acceptors (Lipinski definition) is 3. The molecule has 0 radical (unpaired) electrons. The van der Waals surface area contributed by atoms with Crippen LogP contribution in [0.1, 0.15) is 15.9 Å². The van der Waals surface area contributed by atoms with Crippen LogP contribution in [0.15, 0.2) is 53.3 Å². The molecule has 0 fully saturated rings. The predicted octanol–water partition coefficient (Wildman–Crippen LogP) is 2.18. The quantitative estimate of drug-likeness (QED) is 0.876. The number of carbonyl (C=O) groups excluding carboxylic acids is 1. The molecule has 1 aromatic carbocycles. The molecule has 0 spiro atoms. The number of rotatable bonds is 6. The highest BCUT2D eigenvalue weighted by Gasteiger charge is 2.14. The van der Waals surface area contributed by atoms with Crippen LogP contribution in [0.5, 0.6) is 0 Å². The average molecular weight is 272 g/mol. The zero-order valence-electron chi connectivity index (χ0n) is 11.9. The summed E-state index contributed by atoms with van der Waals surface area (Å²) in [6, 6.07) is 12.2. The Balaban J connectivity index is 1.91. The first-order valence-electron chi connectivity index (χ1n) is 6.67. The van der Waals surface area contributed by atoms with Crippen LogP contribution in [0.3, 0.4) is 0 Å². The Bertz CT molecular complexity index is 521. The molecule has 1 amide bonds. The highest BCUT2D eigenvalue weighted by molar-refractivity contribution is 5.93. The molecule has 20 heavy (non-hydrogen) atoms. The van der Waals surface area contributed by atoms with Gasteiger partial charge in [-0.2, -0.15) is 0 Å². The minimum absolute atomic E-state index is 0.0985. The highest BCUT2D eigenvalue weighted by Crippen LogP contribution is 2.07. The van der Waals surface area contributed by atoms with Crippen molar-refractivity contribution in [2.45, 2.75) is 12.5 Å². The molecular formula is C16H20N2O2. The molecule has 0 bridgehead atoms. The van der Waals surface area contributed by atoms with Gasteiger partial charge in [0.15, 0.2) is 0 Å². The Morgan fingerprint density at radius 2 is 2.00 bits per heavy atom. The zero-order chi connectivity index (χ0) is 14.4. The lowest BCUT2D eigenvalue weighted by Gasteiger charge is -2.24. The molecule has 0 saturated heterocycles. The molecular weight excluding hydrogens is 252 g/mol. The minimum Gasteiger partial charge on any atom is -0.472 e.